The summed E-state index contributed by atoms with van der Waals surface area (Å²) in [6.45, 7) is 11.2. The van der Waals surface area contributed by atoms with E-state index in [1.807, 2.05) is 0 Å². The molecule has 3 atom stereocenters. The highest BCUT2D eigenvalue weighted by Gasteiger charge is 2.67. The van der Waals surface area contributed by atoms with Gasteiger partial charge in [-0.05, 0) is 61.8 Å². The van der Waals surface area contributed by atoms with E-state index >= 15 is 0 Å². The number of alkyl halides is 2. The first-order chi connectivity index (χ1) is 14.4. The molecule has 3 unspecified atom stereocenters. The number of imide groups is 1. The van der Waals surface area contributed by atoms with Gasteiger partial charge in [0.2, 0.25) is 0 Å². The molecule has 0 spiro atoms. The van der Waals surface area contributed by atoms with Crippen LogP contribution in [0.15, 0.2) is 4.99 Å². The van der Waals surface area contributed by atoms with Gasteiger partial charge in [0.1, 0.15) is 16.7 Å². The maximum absolute atomic E-state index is 14.9. The minimum absolute atomic E-state index is 0.123. The highest BCUT2D eigenvalue weighted by molar-refractivity contribution is 6.06. The van der Waals surface area contributed by atoms with Crippen molar-refractivity contribution in [2.75, 3.05) is 13.2 Å². The Morgan fingerprint density at radius 1 is 1.09 bits per heavy atom. The van der Waals surface area contributed by atoms with Crippen molar-refractivity contribution in [3.8, 4) is 0 Å². The molecule has 2 amide bonds. The Morgan fingerprint density at radius 3 is 2.03 bits per heavy atom. The van der Waals surface area contributed by atoms with Crippen molar-refractivity contribution in [3.63, 3.8) is 0 Å². The zero-order valence-electron chi connectivity index (χ0n) is 19.8. The molecular weight excluding hydrogens is 430 g/mol. The molecule has 0 aromatic heterocycles. The molecule has 0 aromatic carbocycles. The van der Waals surface area contributed by atoms with Crippen molar-refractivity contribution in [2.45, 2.75) is 84.5 Å². The molecular formula is C21H32F2N2O7. The Morgan fingerprint density at radius 2 is 1.59 bits per heavy atom. The third-order valence-electron chi connectivity index (χ3n) is 4.90. The summed E-state index contributed by atoms with van der Waals surface area (Å²) in [5.74, 6) is -5.66. The molecule has 0 aromatic rings. The molecule has 9 nitrogen and oxygen atoms in total. The lowest BCUT2D eigenvalue weighted by Crippen LogP contribution is -2.58. The van der Waals surface area contributed by atoms with Gasteiger partial charge in [0.25, 0.3) is 0 Å². The summed E-state index contributed by atoms with van der Waals surface area (Å²) in [4.78, 5) is 42.0. The number of hydrogen-bond acceptors (Lipinski definition) is 8. The summed E-state index contributed by atoms with van der Waals surface area (Å²) in [5, 5.41) is 0. The number of carbonyl (C=O) groups excluding carboxylic acids is 3. The van der Waals surface area contributed by atoms with E-state index in [-0.39, 0.29) is 13.0 Å². The number of ether oxygens (including phenoxy) is 4. The second kappa shape index (κ2) is 8.47. The Bertz CT molecular complexity index is 773. The van der Waals surface area contributed by atoms with Crippen LogP contribution in [0.1, 0.15) is 61.8 Å². The Labute approximate surface area is 186 Å². The molecule has 1 fully saturated rings. The number of amidine groups is 1. The van der Waals surface area contributed by atoms with Crippen molar-refractivity contribution < 1.29 is 42.1 Å². The summed E-state index contributed by atoms with van der Waals surface area (Å²) in [7, 11) is 0. The van der Waals surface area contributed by atoms with Crippen LogP contribution >= 0.6 is 0 Å². The summed E-state index contributed by atoms with van der Waals surface area (Å²) in [6, 6.07) is -0.670. The smallest absolute Gasteiger partial charge is 0.428 e. The van der Waals surface area contributed by atoms with Crippen LogP contribution < -0.4 is 0 Å². The number of hydrogen-bond donors (Lipinski definition) is 0. The Hall–Kier alpha value is -2.46. The molecule has 1 heterocycles. The van der Waals surface area contributed by atoms with E-state index in [0.29, 0.717) is 4.90 Å². The lowest BCUT2D eigenvalue weighted by Gasteiger charge is -2.40. The zero-order chi connectivity index (χ0) is 24.7. The number of rotatable bonds is 3. The fourth-order valence-electron chi connectivity index (χ4n) is 3.25. The molecule has 32 heavy (non-hydrogen) atoms. The van der Waals surface area contributed by atoms with Crippen LogP contribution in [0, 0.1) is 11.8 Å². The van der Waals surface area contributed by atoms with Crippen LogP contribution in [0.5, 0.6) is 0 Å². The first-order valence-corrected chi connectivity index (χ1v) is 10.4. The van der Waals surface area contributed by atoms with Gasteiger partial charge >= 0.3 is 30.1 Å². The lowest BCUT2D eigenvalue weighted by atomic mass is 9.87. The van der Waals surface area contributed by atoms with Crippen LogP contribution in [0.4, 0.5) is 18.4 Å². The lowest BCUT2D eigenvalue weighted by molar-refractivity contribution is -0.148. The topological polar surface area (TPSA) is 104 Å². The van der Waals surface area contributed by atoms with Crippen molar-refractivity contribution >= 4 is 24.2 Å². The van der Waals surface area contributed by atoms with Gasteiger partial charge in [-0.2, -0.15) is 0 Å². The van der Waals surface area contributed by atoms with Gasteiger partial charge in [-0.15, -0.1) is 4.90 Å². The van der Waals surface area contributed by atoms with E-state index in [0.717, 1.165) is 0 Å². The summed E-state index contributed by atoms with van der Waals surface area (Å²) >= 11 is 0. The van der Waals surface area contributed by atoms with E-state index in [1.165, 1.54) is 6.92 Å². The van der Waals surface area contributed by atoms with Gasteiger partial charge in [0.05, 0.1) is 12.5 Å². The van der Waals surface area contributed by atoms with Crippen molar-refractivity contribution in [3.05, 3.63) is 0 Å². The zero-order valence-corrected chi connectivity index (χ0v) is 19.8. The van der Waals surface area contributed by atoms with Crippen LogP contribution in [0.3, 0.4) is 0 Å². The Kier molecular flexibility index (Phi) is 6.83. The van der Waals surface area contributed by atoms with E-state index in [9.17, 15) is 23.2 Å². The average Bonchev–Trinajstić information content (AvgIpc) is 3.36. The maximum Gasteiger partial charge on any atom is 0.428 e. The van der Waals surface area contributed by atoms with Gasteiger partial charge in [-0.1, -0.05) is 0 Å². The molecule has 2 aliphatic rings. The fourth-order valence-corrected chi connectivity index (χ4v) is 3.25. The van der Waals surface area contributed by atoms with E-state index < -0.39 is 65.3 Å². The number of carbonyl (C=O) groups is 3. The molecule has 11 heteroatoms. The first-order valence-electron chi connectivity index (χ1n) is 10.4. The first kappa shape index (κ1) is 25.8. The highest BCUT2D eigenvalue weighted by Crippen LogP contribution is 2.55. The maximum atomic E-state index is 14.9. The monoisotopic (exact) mass is 462 g/mol. The molecule has 1 aliphatic heterocycles. The standard InChI is InChI=1S/C21H32F2N2O7/c1-9-29-14(26)12-10-13(12)20(8)21(22,23)11-30-15(24-20)25(16(27)31-18(2,3)4)17(28)32-19(5,6)7/h12-13H,9-11H2,1-8H3. The second-order valence-electron chi connectivity index (χ2n) is 10.0. The van der Waals surface area contributed by atoms with Crippen LogP contribution in [-0.2, 0) is 23.7 Å². The number of halogens is 2. The van der Waals surface area contributed by atoms with Gasteiger partial charge in [0.15, 0.2) is 6.61 Å². The SMILES string of the molecule is CCOC(=O)C1CC1C1(C)N=C(N(C(=O)OC(C)(C)C)C(=O)OC(C)(C)C)OCC1(F)F. The van der Waals surface area contributed by atoms with Crippen molar-refractivity contribution in [2.24, 2.45) is 16.8 Å². The third-order valence-corrected chi connectivity index (χ3v) is 4.90. The molecule has 0 bridgehead atoms. The largest absolute Gasteiger partial charge is 0.466 e. The minimum Gasteiger partial charge on any atom is -0.466 e. The van der Waals surface area contributed by atoms with E-state index in [4.69, 9.17) is 18.9 Å². The van der Waals surface area contributed by atoms with Crippen molar-refractivity contribution in [1.82, 2.24) is 4.90 Å². The molecule has 0 saturated heterocycles. The number of aliphatic imine (C=N–C) groups is 1. The summed E-state index contributed by atoms with van der Waals surface area (Å²) in [5.41, 5.74) is -4.10. The molecule has 1 saturated carbocycles. The van der Waals surface area contributed by atoms with Gasteiger partial charge in [-0.3, -0.25) is 4.79 Å². The quantitative estimate of drug-likeness (QED) is 0.459. The van der Waals surface area contributed by atoms with Crippen LogP contribution in [0.2, 0.25) is 0 Å². The number of nitrogens with zero attached hydrogens (tertiary/aromatic N) is 2. The predicted molar refractivity (Wildman–Crippen MR) is 109 cm³/mol. The number of esters is 1. The highest BCUT2D eigenvalue weighted by atomic mass is 19.3. The third kappa shape index (κ3) is 5.66. The summed E-state index contributed by atoms with van der Waals surface area (Å²) in [6.07, 6.45) is -2.23. The van der Waals surface area contributed by atoms with Crippen LogP contribution in [0.25, 0.3) is 0 Å². The van der Waals surface area contributed by atoms with E-state index in [1.54, 1.807) is 48.5 Å². The van der Waals surface area contributed by atoms with Gasteiger partial charge in [-0.25, -0.2) is 23.4 Å². The van der Waals surface area contributed by atoms with Crippen LogP contribution in [-0.4, -0.2) is 65.0 Å². The molecule has 0 N–H and O–H groups in total. The fraction of sp³-hybridized carbons (Fsp3) is 0.810. The van der Waals surface area contributed by atoms with Crippen molar-refractivity contribution in [1.29, 1.82) is 0 Å². The summed E-state index contributed by atoms with van der Waals surface area (Å²) < 4.78 is 50.3. The Balaban J connectivity index is 2.44. The molecule has 0 radical (unpaired) electrons. The normalized spacial score (nSPS) is 26.9. The average molecular weight is 462 g/mol. The molecule has 182 valence electrons. The molecule has 1 aliphatic carbocycles. The van der Waals surface area contributed by atoms with Gasteiger partial charge in [0, 0.05) is 5.92 Å². The van der Waals surface area contributed by atoms with Gasteiger partial charge < -0.3 is 18.9 Å². The number of amides is 2. The predicted octanol–water partition coefficient (Wildman–Crippen LogP) is 4.14. The van der Waals surface area contributed by atoms with E-state index in [2.05, 4.69) is 4.99 Å². The minimum atomic E-state index is -3.46. The second-order valence-corrected chi connectivity index (χ2v) is 10.0. The molecule has 2 rings (SSSR count).